The first kappa shape index (κ1) is 23.2. The Morgan fingerprint density at radius 3 is 2.50 bits per heavy atom. The average molecular weight is 478 g/mol. The van der Waals surface area contributed by atoms with Gasteiger partial charge in [-0.05, 0) is 73.9 Å². The van der Waals surface area contributed by atoms with Crippen LogP contribution in [0.5, 0.6) is 11.5 Å². The van der Waals surface area contributed by atoms with Gasteiger partial charge in [0.25, 0.3) is 5.56 Å². The second-order valence-corrected chi connectivity index (χ2v) is 9.27. The molecule has 9 heteroatoms. The van der Waals surface area contributed by atoms with Gasteiger partial charge in [0.05, 0.1) is 24.2 Å². The molecule has 8 nitrogen and oxygen atoms in total. The fourth-order valence-corrected chi connectivity index (χ4v) is 4.72. The van der Waals surface area contributed by atoms with Crippen LogP contribution in [0.3, 0.4) is 0 Å². The van der Waals surface area contributed by atoms with Crippen LogP contribution in [0.4, 0.5) is 0 Å². The third-order valence-corrected chi connectivity index (χ3v) is 6.62. The van der Waals surface area contributed by atoms with E-state index in [1.807, 2.05) is 19.1 Å². The van der Waals surface area contributed by atoms with Crippen LogP contribution in [0.15, 0.2) is 75.5 Å². The number of nitrogens with zero attached hydrogens (tertiary/aromatic N) is 3. The minimum absolute atomic E-state index is 0.0428. The van der Waals surface area contributed by atoms with Crippen LogP contribution in [0.25, 0.3) is 10.9 Å². The van der Waals surface area contributed by atoms with Crippen molar-refractivity contribution < 1.29 is 17.3 Å². The highest BCUT2D eigenvalue weighted by molar-refractivity contribution is 7.87. The number of fused-ring (bicyclic) bond motifs is 1. The standard InChI is InChI=1S/C25H23N3O5S/c1-16-9-10-17(2)24(13-16)34(30,31)33-22-12-11-19(14-23(22)32-4)15-26-28-18(3)27-21-8-6-5-7-20(21)25(28)29/h5-15H,1-4H3. The zero-order valence-corrected chi connectivity index (χ0v) is 20.0. The van der Waals surface area contributed by atoms with E-state index < -0.39 is 10.1 Å². The largest absolute Gasteiger partial charge is 0.493 e. The van der Waals surface area contributed by atoms with E-state index in [4.69, 9.17) is 8.92 Å². The van der Waals surface area contributed by atoms with Crippen molar-refractivity contribution >= 4 is 27.2 Å². The van der Waals surface area contributed by atoms with Gasteiger partial charge in [-0.2, -0.15) is 18.2 Å². The van der Waals surface area contributed by atoms with Gasteiger partial charge in [-0.3, -0.25) is 4.79 Å². The van der Waals surface area contributed by atoms with Crippen molar-refractivity contribution in [1.29, 1.82) is 0 Å². The number of benzene rings is 3. The molecule has 174 valence electrons. The van der Waals surface area contributed by atoms with Crippen LogP contribution in [-0.2, 0) is 10.1 Å². The SMILES string of the molecule is COc1cc(C=Nn2c(C)nc3ccccc3c2=O)ccc1OS(=O)(=O)c1cc(C)ccc1C. The van der Waals surface area contributed by atoms with Crippen molar-refractivity contribution in [2.24, 2.45) is 5.10 Å². The van der Waals surface area contributed by atoms with Crippen LogP contribution in [0.1, 0.15) is 22.5 Å². The average Bonchev–Trinajstić information content (AvgIpc) is 2.81. The molecule has 4 rings (SSSR count). The predicted molar refractivity (Wildman–Crippen MR) is 130 cm³/mol. The van der Waals surface area contributed by atoms with E-state index >= 15 is 0 Å². The Balaban J connectivity index is 1.66. The summed E-state index contributed by atoms with van der Waals surface area (Å²) in [6.07, 6.45) is 1.47. The molecule has 0 saturated heterocycles. The van der Waals surface area contributed by atoms with Crippen molar-refractivity contribution in [1.82, 2.24) is 9.66 Å². The number of para-hydroxylation sites is 1. The number of rotatable bonds is 6. The van der Waals surface area contributed by atoms with Crippen LogP contribution < -0.4 is 14.5 Å². The van der Waals surface area contributed by atoms with E-state index in [-0.39, 0.29) is 22.0 Å². The molecule has 4 aromatic rings. The second-order valence-electron chi connectivity index (χ2n) is 7.75. The Bertz CT molecular complexity index is 1590. The third-order valence-electron chi connectivity index (χ3n) is 5.24. The molecule has 0 saturated carbocycles. The number of aryl methyl sites for hydroxylation is 3. The number of hydrogen-bond acceptors (Lipinski definition) is 7. The zero-order chi connectivity index (χ0) is 24.5. The Kier molecular flexibility index (Phi) is 6.21. The molecule has 0 atom stereocenters. The van der Waals surface area contributed by atoms with Crippen molar-refractivity contribution in [3.63, 3.8) is 0 Å². The summed E-state index contributed by atoms with van der Waals surface area (Å²) in [5, 5.41) is 4.74. The zero-order valence-electron chi connectivity index (χ0n) is 19.1. The first-order valence-corrected chi connectivity index (χ1v) is 11.8. The molecular formula is C25H23N3O5S. The Morgan fingerprint density at radius 2 is 1.74 bits per heavy atom. The first-order chi connectivity index (χ1) is 16.2. The van der Waals surface area contributed by atoms with E-state index in [0.29, 0.717) is 27.9 Å². The molecule has 1 heterocycles. The normalized spacial score (nSPS) is 11.8. The van der Waals surface area contributed by atoms with Gasteiger partial charge in [0.2, 0.25) is 0 Å². The van der Waals surface area contributed by atoms with Gasteiger partial charge in [-0.15, -0.1) is 0 Å². The van der Waals surface area contributed by atoms with Crippen molar-refractivity contribution in [2.75, 3.05) is 7.11 Å². The highest BCUT2D eigenvalue weighted by atomic mass is 32.2. The van der Waals surface area contributed by atoms with Gasteiger partial charge in [0, 0.05) is 0 Å². The van der Waals surface area contributed by atoms with Crippen molar-refractivity contribution in [3.05, 3.63) is 93.5 Å². The lowest BCUT2D eigenvalue weighted by atomic mass is 10.2. The summed E-state index contributed by atoms with van der Waals surface area (Å²) in [7, 11) is -2.65. The predicted octanol–water partition coefficient (Wildman–Crippen LogP) is 3.98. The summed E-state index contributed by atoms with van der Waals surface area (Å²) in [5.74, 6) is 0.686. The molecule has 0 unspecified atom stereocenters. The smallest absolute Gasteiger partial charge is 0.339 e. The summed E-state index contributed by atoms with van der Waals surface area (Å²) in [5.41, 5.74) is 2.28. The molecule has 0 aliphatic heterocycles. The highest BCUT2D eigenvalue weighted by Crippen LogP contribution is 2.31. The van der Waals surface area contributed by atoms with E-state index in [1.165, 1.54) is 24.1 Å². The molecular weight excluding hydrogens is 454 g/mol. The van der Waals surface area contributed by atoms with Crippen molar-refractivity contribution in [2.45, 2.75) is 25.7 Å². The number of methoxy groups -OCH3 is 1. The molecule has 0 aliphatic carbocycles. The molecule has 1 aromatic heterocycles. The summed E-state index contributed by atoms with van der Waals surface area (Å²) in [6.45, 7) is 5.21. The number of hydrogen-bond donors (Lipinski definition) is 0. The molecule has 0 aliphatic rings. The van der Waals surface area contributed by atoms with Crippen LogP contribution >= 0.6 is 0 Å². The van der Waals surface area contributed by atoms with Gasteiger partial charge in [-0.25, -0.2) is 4.98 Å². The topological polar surface area (TPSA) is 99.8 Å². The monoisotopic (exact) mass is 477 g/mol. The molecule has 34 heavy (non-hydrogen) atoms. The summed E-state index contributed by atoms with van der Waals surface area (Å²) < 4.78 is 37.7. The van der Waals surface area contributed by atoms with Crippen LogP contribution in [-0.4, -0.2) is 31.4 Å². The van der Waals surface area contributed by atoms with Gasteiger partial charge < -0.3 is 8.92 Å². The lowest BCUT2D eigenvalue weighted by Crippen LogP contribution is -2.20. The first-order valence-electron chi connectivity index (χ1n) is 10.4. The van der Waals surface area contributed by atoms with E-state index in [0.717, 1.165) is 5.56 Å². The van der Waals surface area contributed by atoms with Crippen LogP contribution in [0.2, 0.25) is 0 Å². The summed E-state index contributed by atoms with van der Waals surface area (Å²) >= 11 is 0. The summed E-state index contributed by atoms with van der Waals surface area (Å²) in [4.78, 5) is 17.3. The molecule has 0 spiro atoms. The Hall–Kier alpha value is -3.98. The molecule has 0 fully saturated rings. The van der Waals surface area contributed by atoms with Gasteiger partial charge in [0.15, 0.2) is 11.5 Å². The van der Waals surface area contributed by atoms with Crippen LogP contribution in [0, 0.1) is 20.8 Å². The quantitative estimate of drug-likeness (QED) is 0.308. The maximum Gasteiger partial charge on any atom is 0.339 e. The Labute approximate surface area is 197 Å². The fraction of sp³-hybridized carbons (Fsp3) is 0.160. The number of aromatic nitrogens is 2. The van der Waals surface area contributed by atoms with Gasteiger partial charge in [0.1, 0.15) is 10.7 Å². The lowest BCUT2D eigenvalue weighted by molar-refractivity contribution is 0.390. The highest BCUT2D eigenvalue weighted by Gasteiger charge is 2.21. The maximum atomic E-state index is 12.9. The van der Waals surface area contributed by atoms with Crippen molar-refractivity contribution in [3.8, 4) is 11.5 Å². The lowest BCUT2D eigenvalue weighted by Gasteiger charge is -2.13. The maximum absolute atomic E-state index is 12.9. The number of ether oxygens (including phenoxy) is 1. The third kappa shape index (κ3) is 4.55. The fourth-order valence-electron chi connectivity index (χ4n) is 3.47. The minimum atomic E-state index is -4.07. The van der Waals surface area contributed by atoms with E-state index in [1.54, 1.807) is 56.3 Å². The molecule has 0 radical (unpaired) electrons. The molecule has 0 amide bonds. The van der Waals surface area contributed by atoms with Gasteiger partial charge >= 0.3 is 10.1 Å². The molecule has 0 N–H and O–H groups in total. The van der Waals surface area contributed by atoms with Gasteiger partial charge in [-0.1, -0.05) is 24.3 Å². The molecule has 3 aromatic carbocycles. The Morgan fingerprint density at radius 1 is 0.971 bits per heavy atom. The minimum Gasteiger partial charge on any atom is -0.493 e. The van der Waals surface area contributed by atoms with E-state index in [9.17, 15) is 13.2 Å². The van der Waals surface area contributed by atoms with E-state index in [2.05, 4.69) is 10.1 Å². The molecule has 0 bridgehead atoms. The summed E-state index contributed by atoms with van der Waals surface area (Å²) in [6, 6.07) is 16.9. The second kappa shape index (κ2) is 9.11.